The topological polar surface area (TPSA) is 128 Å². The van der Waals surface area contributed by atoms with Gasteiger partial charge in [-0.25, -0.2) is 10.2 Å². The summed E-state index contributed by atoms with van der Waals surface area (Å²) in [6.07, 6.45) is 1.30. The van der Waals surface area contributed by atoms with Gasteiger partial charge in [0.1, 0.15) is 11.5 Å². The fourth-order valence-corrected chi connectivity index (χ4v) is 4.14. The second kappa shape index (κ2) is 11.9. The molecule has 0 bridgehead atoms. The first-order valence-corrected chi connectivity index (χ1v) is 12.0. The van der Waals surface area contributed by atoms with E-state index in [1.807, 2.05) is 53.1 Å². The van der Waals surface area contributed by atoms with Crippen molar-refractivity contribution in [2.45, 2.75) is 5.16 Å². The summed E-state index contributed by atoms with van der Waals surface area (Å²) in [5.74, 6) is 0.572. The number of carbonyl (C=O) groups excluding carboxylic acids is 1. The number of nitrogens with one attached hydrogen (secondary N) is 1. The Morgan fingerprint density at radius 1 is 0.973 bits per heavy atom. The van der Waals surface area contributed by atoms with Gasteiger partial charge in [-0.1, -0.05) is 30.0 Å². The molecule has 1 aromatic heterocycles. The van der Waals surface area contributed by atoms with Gasteiger partial charge in [0, 0.05) is 16.8 Å². The van der Waals surface area contributed by atoms with Crippen molar-refractivity contribution >= 4 is 29.9 Å². The van der Waals surface area contributed by atoms with Crippen LogP contribution in [-0.4, -0.2) is 57.9 Å². The van der Waals surface area contributed by atoms with Crippen LogP contribution in [0.4, 0.5) is 0 Å². The number of hydrogen-bond acceptors (Lipinski definition) is 8. The molecular weight excluding hydrogens is 494 g/mol. The number of rotatable bonds is 10. The maximum atomic E-state index is 12.5. The van der Waals surface area contributed by atoms with Gasteiger partial charge in [-0.15, -0.1) is 10.2 Å². The van der Waals surface area contributed by atoms with Crippen LogP contribution in [-0.2, 0) is 4.79 Å². The molecule has 4 aromatic rings. The molecule has 0 aliphatic rings. The molecule has 11 heteroatoms. The third kappa shape index (κ3) is 6.14. The Kier molecular flexibility index (Phi) is 8.16. The lowest BCUT2D eigenvalue weighted by Crippen LogP contribution is -2.20. The number of aromatic carboxylic acids is 1. The fraction of sp³-hybridized carbons (Fsp3) is 0.115. The van der Waals surface area contributed by atoms with Crippen molar-refractivity contribution < 1.29 is 24.2 Å². The molecule has 0 fully saturated rings. The van der Waals surface area contributed by atoms with E-state index in [1.54, 1.807) is 32.4 Å². The van der Waals surface area contributed by atoms with Gasteiger partial charge in [0.15, 0.2) is 11.0 Å². The number of thioether (sulfide) groups is 1. The van der Waals surface area contributed by atoms with E-state index in [2.05, 4.69) is 20.7 Å². The van der Waals surface area contributed by atoms with Gasteiger partial charge >= 0.3 is 5.97 Å². The average Bonchev–Trinajstić information content (AvgIpc) is 3.36. The summed E-state index contributed by atoms with van der Waals surface area (Å²) in [6.45, 7) is 0. The van der Waals surface area contributed by atoms with E-state index in [0.717, 1.165) is 17.0 Å². The van der Waals surface area contributed by atoms with Crippen LogP contribution in [0.1, 0.15) is 15.9 Å². The number of methoxy groups -OCH3 is 2. The lowest BCUT2D eigenvalue weighted by atomic mass is 10.1. The predicted molar refractivity (Wildman–Crippen MR) is 140 cm³/mol. The van der Waals surface area contributed by atoms with Crippen LogP contribution < -0.4 is 14.9 Å². The SMILES string of the molecule is COc1ccc(-c2nnc(SCC(=O)N/N=C/c3ccccc3C(=O)O)n2-c2ccc(OC)cc2)cc1. The standard InChI is InChI=1S/C26H23N5O5S/c1-35-20-11-7-17(8-12-20)24-29-30-26(31(24)19-9-13-21(36-2)14-10-19)37-16-23(32)28-27-15-18-5-3-4-6-22(18)25(33)34/h3-15H,16H2,1-2H3,(H,28,32)(H,33,34)/b27-15+. The molecule has 0 unspecified atom stereocenters. The van der Waals surface area contributed by atoms with Crippen molar-refractivity contribution in [1.82, 2.24) is 20.2 Å². The zero-order valence-electron chi connectivity index (χ0n) is 20.0. The molecule has 188 valence electrons. The Morgan fingerprint density at radius 2 is 1.62 bits per heavy atom. The summed E-state index contributed by atoms with van der Waals surface area (Å²) in [6, 6.07) is 21.2. The largest absolute Gasteiger partial charge is 0.497 e. The summed E-state index contributed by atoms with van der Waals surface area (Å²) in [5.41, 5.74) is 4.51. The highest BCUT2D eigenvalue weighted by atomic mass is 32.2. The van der Waals surface area contributed by atoms with Gasteiger partial charge in [-0.2, -0.15) is 5.10 Å². The number of ether oxygens (including phenoxy) is 2. The molecule has 0 saturated carbocycles. The second-order valence-electron chi connectivity index (χ2n) is 7.54. The number of amides is 1. The van der Waals surface area contributed by atoms with E-state index in [1.165, 1.54) is 24.0 Å². The molecule has 3 aromatic carbocycles. The second-order valence-corrected chi connectivity index (χ2v) is 8.48. The number of carbonyl (C=O) groups is 2. The van der Waals surface area contributed by atoms with E-state index in [9.17, 15) is 14.7 Å². The lowest BCUT2D eigenvalue weighted by molar-refractivity contribution is -0.118. The van der Waals surface area contributed by atoms with E-state index in [-0.39, 0.29) is 17.2 Å². The summed E-state index contributed by atoms with van der Waals surface area (Å²) >= 11 is 1.19. The van der Waals surface area contributed by atoms with Crippen molar-refractivity contribution in [2.75, 3.05) is 20.0 Å². The lowest BCUT2D eigenvalue weighted by Gasteiger charge is -2.11. The monoisotopic (exact) mass is 517 g/mol. The third-order valence-electron chi connectivity index (χ3n) is 5.23. The Hall–Kier alpha value is -4.64. The fourth-order valence-electron chi connectivity index (χ4n) is 3.40. The number of hydrogen-bond donors (Lipinski definition) is 2. The van der Waals surface area contributed by atoms with E-state index >= 15 is 0 Å². The number of carboxylic acid groups (broad SMARTS) is 1. The Balaban J connectivity index is 1.53. The molecule has 1 amide bonds. The van der Waals surface area contributed by atoms with E-state index < -0.39 is 5.97 Å². The normalized spacial score (nSPS) is 10.9. The summed E-state index contributed by atoms with van der Waals surface area (Å²) in [4.78, 5) is 23.8. The van der Waals surface area contributed by atoms with Crippen molar-refractivity contribution in [2.24, 2.45) is 5.10 Å². The molecule has 0 atom stereocenters. The van der Waals surface area contributed by atoms with Gasteiger partial charge in [-0.3, -0.25) is 9.36 Å². The number of aromatic nitrogens is 3. The van der Waals surface area contributed by atoms with Crippen molar-refractivity contribution in [3.05, 3.63) is 83.9 Å². The maximum absolute atomic E-state index is 12.5. The molecule has 37 heavy (non-hydrogen) atoms. The molecule has 0 saturated heterocycles. The summed E-state index contributed by atoms with van der Waals surface area (Å²) in [7, 11) is 3.20. The van der Waals surface area contributed by atoms with Crippen LogP contribution in [0.2, 0.25) is 0 Å². The molecule has 4 rings (SSSR count). The highest BCUT2D eigenvalue weighted by Crippen LogP contribution is 2.29. The zero-order valence-corrected chi connectivity index (χ0v) is 20.8. The van der Waals surface area contributed by atoms with E-state index in [0.29, 0.717) is 22.3 Å². The van der Waals surface area contributed by atoms with Crippen molar-refractivity contribution in [3.63, 3.8) is 0 Å². The number of carboxylic acids is 1. The summed E-state index contributed by atoms with van der Waals surface area (Å²) < 4.78 is 12.4. The Morgan fingerprint density at radius 3 is 2.27 bits per heavy atom. The molecular formula is C26H23N5O5S. The minimum atomic E-state index is -1.07. The molecule has 2 N–H and O–H groups in total. The predicted octanol–water partition coefficient (Wildman–Crippen LogP) is 3.89. The first kappa shape index (κ1) is 25.5. The van der Waals surface area contributed by atoms with Gasteiger partial charge in [-0.05, 0) is 54.6 Å². The number of hydrazone groups is 1. The molecule has 0 aliphatic heterocycles. The smallest absolute Gasteiger partial charge is 0.336 e. The average molecular weight is 518 g/mol. The van der Waals surface area contributed by atoms with E-state index in [4.69, 9.17) is 9.47 Å². The molecule has 0 spiro atoms. The van der Waals surface area contributed by atoms with Crippen LogP contribution in [0, 0.1) is 0 Å². The highest BCUT2D eigenvalue weighted by Gasteiger charge is 2.18. The first-order chi connectivity index (χ1) is 18.0. The van der Waals surface area contributed by atoms with Gasteiger partial charge in [0.25, 0.3) is 5.91 Å². The van der Waals surface area contributed by atoms with Crippen LogP contribution in [0.5, 0.6) is 11.5 Å². The van der Waals surface area contributed by atoms with Gasteiger partial charge in [0.05, 0.1) is 31.8 Å². The van der Waals surface area contributed by atoms with Gasteiger partial charge < -0.3 is 14.6 Å². The number of nitrogens with zero attached hydrogens (tertiary/aromatic N) is 4. The van der Waals surface area contributed by atoms with Crippen LogP contribution in [0.3, 0.4) is 0 Å². The number of benzene rings is 3. The first-order valence-electron chi connectivity index (χ1n) is 11.0. The summed E-state index contributed by atoms with van der Waals surface area (Å²) in [5, 5.41) is 22.3. The minimum Gasteiger partial charge on any atom is -0.497 e. The van der Waals surface area contributed by atoms with Crippen LogP contribution in [0.25, 0.3) is 17.1 Å². The molecule has 1 heterocycles. The maximum Gasteiger partial charge on any atom is 0.336 e. The van der Waals surface area contributed by atoms with Crippen molar-refractivity contribution in [3.8, 4) is 28.6 Å². The molecule has 0 radical (unpaired) electrons. The Bertz CT molecular complexity index is 1420. The van der Waals surface area contributed by atoms with Crippen molar-refractivity contribution in [1.29, 1.82) is 0 Å². The van der Waals surface area contributed by atoms with Crippen LogP contribution in [0.15, 0.2) is 83.1 Å². The molecule has 0 aliphatic carbocycles. The Labute approximate surface area is 217 Å². The molecule has 10 nitrogen and oxygen atoms in total. The minimum absolute atomic E-state index is 0.00875. The quantitative estimate of drug-likeness (QED) is 0.184. The highest BCUT2D eigenvalue weighted by molar-refractivity contribution is 7.99. The van der Waals surface area contributed by atoms with Crippen LogP contribution >= 0.6 is 11.8 Å². The van der Waals surface area contributed by atoms with Gasteiger partial charge in [0.2, 0.25) is 0 Å². The zero-order chi connectivity index (χ0) is 26.2. The third-order valence-corrected chi connectivity index (χ3v) is 6.16.